The SMILES string of the molecule is CCc1ccc(NC(=O)c2ncc(C#N)[nH]2)c(C2=CCC(C)(C)CC2)c1. The Kier molecular flexibility index (Phi) is 4.94. The van der Waals surface area contributed by atoms with E-state index in [1.165, 1.54) is 17.3 Å². The summed E-state index contributed by atoms with van der Waals surface area (Å²) in [6, 6.07) is 8.11. The third kappa shape index (κ3) is 3.85. The minimum atomic E-state index is -0.339. The van der Waals surface area contributed by atoms with E-state index in [2.05, 4.69) is 48.2 Å². The molecule has 0 saturated carbocycles. The van der Waals surface area contributed by atoms with E-state index in [0.717, 1.165) is 36.9 Å². The minimum Gasteiger partial charge on any atom is -0.326 e. The highest BCUT2D eigenvalue weighted by atomic mass is 16.2. The van der Waals surface area contributed by atoms with E-state index in [1.807, 2.05) is 18.2 Å². The van der Waals surface area contributed by atoms with Gasteiger partial charge in [-0.2, -0.15) is 5.26 Å². The molecule has 0 unspecified atom stereocenters. The number of aryl methyl sites for hydroxylation is 1. The Morgan fingerprint density at radius 3 is 2.85 bits per heavy atom. The molecule has 5 nitrogen and oxygen atoms in total. The molecule has 1 aliphatic rings. The number of carbonyl (C=O) groups excluding carboxylic acids is 1. The fourth-order valence-corrected chi connectivity index (χ4v) is 3.18. The maximum atomic E-state index is 12.5. The number of aromatic nitrogens is 2. The molecule has 0 saturated heterocycles. The number of nitriles is 1. The lowest BCUT2D eigenvalue weighted by molar-refractivity contribution is 0.101. The average molecular weight is 348 g/mol. The van der Waals surface area contributed by atoms with E-state index in [-0.39, 0.29) is 17.4 Å². The summed E-state index contributed by atoms with van der Waals surface area (Å²) in [5, 5.41) is 11.8. The predicted molar refractivity (Wildman–Crippen MR) is 103 cm³/mol. The van der Waals surface area contributed by atoms with Crippen molar-refractivity contribution in [3.63, 3.8) is 0 Å². The Morgan fingerprint density at radius 1 is 1.42 bits per heavy atom. The molecule has 0 bridgehead atoms. The number of anilines is 1. The number of amides is 1. The number of rotatable bonds is 4. The van der Waals surface area contributed by atoms with Crippen molar-refractivity contribution in [1.82, 2.24) is 9.97 Å². The summed E-state index contributed by atoms with van der Waals surface area (Å²) in [5.74, 6) is -0.195. The molecule has 2 aromatic rings. The molecule has 26 heavy (non-hydrogen) atoms. The molecule has 1 amide bonds. The second-order valence-electron chi connectivity index (χ2n) is 7.54. The van der Waals surface area contributed by atoms with E-state index in [0.29, 0.717) is 5.41 Å². The molecule has 0 radical (unpaired) electrons. The average Bonchev–Trinajstić information content (AvgIpc) is 3.11. The predicted octanol–water partition coefficient (Wildman–Crippen LogP) is 4.69. The highest BCUT2D eigenvalue weighted by molar-refractivity contribution is 6.03. The zero-order valence-electron chi connectivity index (χ0n) is 15.5. The van der Waals surface area contributed by atoms with Crippen molar-refractivity contribution in [2.24, 2.45) is 5.41 Å². The van der Waals surface area contributed by atoms with Gasteiger partial charge in [0.15, 0.2) is 5.82 Å². The van der Waals surface area contributed by atoms with Crippen LogP contribution >= 0.6 is 0 Å². The number of benzene rings is 1. The molecule has 0 atom stereocenters. The van der Waals surface area contributed by atoms with Gasteiger partial charge in [0.25, 0.3) is 5.91 Å². The first kappa shape index (κ1) is 17.9. The van der Waals surface area contributed by atoms with Crippen LogP contribution in [0.5, 0.6) is 0 Å². The van der Waals surface area contributed by atoms with Crippen molar-refractivity contribution >= 4 is 17.2 Å². The first-order valence-corrected chi connectivity index (χ1v) is 9.00. The van der Waals surface area contributed by atoms with Gasteiger partial charge in [-0.15, -0.1) is 0 Å². The van der Waals surface area contributed by atoms with E-state index < -0.39 is 0 Å². The second kappa shape index (κ2) is 7.17. The number of carbonyl (C=O) groups is 1. The molecular formula is C21H24N4O. The number of nitrogens with one attached hydrogen (secondary N) is 2. The Balaban J connectivity index is 1.91. The molecule has 0 spiro atoms. The molecule has 3 rings (SSSR count). The van der Waals surface area contributed by atoms with Crippen molar-refractivity contribution in [2.75, 3.05) is 5.32 Å². The summed E-state index contributed by atoms with van der Waals surface area (Å²) < 4.78 is 0. The van der Waals surface area contributed by atoms with Gasteiger partial charge < -0.3 is 10.3 Å². The maximum Gasteiger partial charge on any atom is 0.291 e. The molecule has 1 heterocycles. The van der Waals surface area contributed by atoms with Gasteiger partial charge in [0, 0.05) is 11.3 Å². The Morgan fingerprint density at radius 2 is 2.23 bits per heavy atom. The Hall–Kier alpha value is -2.87. The third-order valence-corrected chi connectivity index (χ3v) is 4.97. The molecular weight excluding hydrogens is 324 g/mol. The van der Waals surface area contributed by atoms with Crippen LogP contribution in [-0.4, -0.2) is 15.9 Å². The smallest absolute Gasteiger partial charge is 0.291 e. The van der Waals surface area contributed by atoms with Crippen LogP contribution in [0.25, 0.3) is 5.57 Å². The largest absolute Gasteiger partial charge is 0.326 e. The minimum absolute atomic E-state index is 0.144. The number of imidazole rings is 1. The lowest BCUT2D eigenvalue weighted by Gasteiger charge is -2.29. The molecule has 1 aromatic heterocycles. The number of hydrogen-bond donors (Lipinski definition) is 2. The van der Waals surface area contributed by atoms with Gasteiger partial charge in [-0.1, -0.05) is 32.9 Å². The summed E-state index contributed by atoms with van der Waals surface area (Å²) >= 11 is 0. The van der Waals surface area contributed by atoms with Gasteiger partial charge in [0.1, 0.15) is 11.8 Å². The summed E-state index contributed by atoms with van der Waals surface area (Å²) in [4.78, 5) is 19.2. The van der Waals surface area contributed by atoms with E-state index in [1.54, 1.807) is 0 Å². The number of allylic oxidation sites excluding steroid dienone is 2. The number of hydrogen-bond acceptors (Lipinski definition) is 3. The summed E-state index contributed by atoms with van der Waals surface area (Å²) in [7, 11) is 0. The van der Waals surface area contributed by atoms with Crippen LogP contribution < -0.4 is 5.32 Å². The quantitative estimate of drug-likeness (QED) is 0.841. The molecule has 5 heteroatoms. The van der Waals surface area contributed by atoms with Gasteiger partial charge in [0.05, 0.1) is 6.20 Å². The van der Waals surface area contributed by atoms with Crippen molar-refractivity contribution in [3.8, 4) is 6.07 Å². The zero-order chi connectivity index (χ0) is 18.7. The zero-order valence-corrected chi connectivity index (χ0v) is 15.5. The van der Waals surface area contributed by atoms with Crippen molar-refractivity contribution in [1.29, 1.82) is 5.26 Å². The van der Waals surface area contributed by atoms with E-state index in [9.17, 15) is 4.79 Å². The van der Waals surface area contributed by atoms with Gasteiger partial charge in [-0.25, -0.2) is 4.98 Å². The monoisotopic (exact) mass is 348 g/mol. The molecule has 0 aliphatic heterocycles. The Labute approximate surface area is 154 Å². The van der Waals surface area contributed by atoms with Gasteiger partial charge >= 0.3 is 0 Å². The van der Waals surface area contributed by atoms with Crippen LogP contribution in [0.2, 0.25) is 0 Å². The van der Waals surface area contributed by atoms with Crippen molar-refractivity contribution in [2.45, 2.75) is 46.5 Å². The first-order chi connectivity index (χ1) is 12.4. The van der Waals surface area contributed by atoms with Crippen LogP contribution in [0.4, 0.5) is 5.69 Å². The van der Waals surface area contributed by atoms with Crippen LogP contribution in [0.3, 0.4) is 0 Å². The number of H-pyrrole nitrogens is 1. The highest BCUT2D eigenvalue weighted by Crippen LogP contribution is 2.40. The van der Waals surface area contributed by atoms with Gasteiger partial charge in [-0.3, -0.25) is 4.79 Å². The summed E-state index contributed by atoms with van der Waals surface area (Å²) in [6.07, 6.45) is 7.78. The third-order valence-electron chi connectivity index (χ3n) is 4.97. The van der Waals surface area contributed by atoms with E-state index in [4.69, 9.17) is 5.26 Å². The standard InChI is InChI=1S/C21H24N4O/c1-4-14-5-6-18(25-20(26)19-23-13-16(12-22)24-19)17(11-14)15-7-9-21(2,3)10-8-15/h5-7,11,13H,4,8-10H2,1-3H3,(H,23,24)(H,25,26). The molecule has 2 N–H and O–H groups in total. The van der Waals surface area contributed by atoms with Crippen LogP contribution in [0, 0.1) is 16.7 Å². The van der Waals surface area contributed by atoms with Crippen molar-refractivity contribution in [3.05, 3.63) is 53.1 Å². The highest BCUT2D eigenvalue weighted by Gasteiger charge is 2.23. The van der Waals surface area contributed by atoms with Crippen LogP contribution in [-0.2, 0) is 6.42 Å². The van der Waals surface area contributed by atoms with Gasteiger partial charge in [0.2, 0.25) is 0 Å². The molecule has 1 aromatic carbocycles. The van der Waals surface area contributed by atoms with Crippen LogP contribution in [0.1, 0.15) is 67.5 Å². The topological polar surface area (TPSA) is 81.6 Å². The van der Waals surface area contributed by atoms with Crippen molar-refractivity contribution < 1.29 is 4.79 Å². The molecule has 0 fully saturated rings. The molecule has 1 aliphatic carbocycles. The summed E-state index contributed by atoms with van der Waals surface area (Å²) in [6.45, 7) is 6.70. The van der Waals surface area contributed by atoms with Gasteiger partial charge in [-0.05, 0) is 54.4 Å². The lowest BCUT2D eigenvalue weighted by atomic mass is 9.76. The van der Waals surface area contributed by atoms with E-state index >= 15 is 0 Å². The fourth-order valence-electron chi connectivity index (χ4n) is 3.18. The first-order valence-electron chi connectivity index (χ1n) is 9.00. The lowest BCUT2D eigenvalue weighted by Crippen LogP contribution is -2.17. The second-order valence-corrected chi connectivity index (χ2v) is 7.54. The maximum absolute atomic E-state index is 12.5. The fraction of sp³-hybridized carbons (Fsp3) is 0.381. The number of nitrogens with zero attached hydrogens (tertiary/aromatic N) is 2. The molecule has 134 valence electrons. The normalized spacial score (nSPS) is 15.8. The Bertz CT molecular complexity index is 899. The summed E-state index contributed by atoms with van der Waals surface area (Å²) in [5.41, 5.74) is 5.00. The van der Waals surface area contributed by atoms with Crippen LogP contribution in [0.15, 0.2) is 30.5 Å². The number of aromatic amines is 1.